The average Bonchev–Trinajstić information content (AvgIpc) is 2.90. The van der Waals surface area contributed by atoms with E-state index in [1.807, 2.05) is 6.20 Å². The number of H-pyrrole nitrogens is 1. The number of imidazole rings is 1. The van der Waals surface area contributed by atoms with Crippen molar-refractivity contribution in [2.24, 2.45) is 5.92 Å². The number of aromatic amines is 1. The molecule has 2 rings (SSSR count). The highest BCUT2D eigenvalue weighted by atomic mass is 16.5. The van der Waals surface area contributed by atoms with E-state index in [1.165, 1.54) is 6.42 Å². The highest BCUT2D eigenvalue weighted by molar-refractivity contribution is 4.95. The first-order chi connectivity index (χ1) is 7.40. The summed E-state index contributed by atoms with van der Waals surface area (Å²) in [5, 5.41) is 3.54. The molecule has 0 saturated carbocycles. The van der Waals surface area contributed by atoms with E-state index in [0.717, 1.165) is 32.0 Å². The molecule has 1 saturated heterocycles. The molecule has 1 aromatic rings. The molecule has 2 N–H and O–H groups in total. The van der Waals surface area contributed by atoms with Crippen LogP contribution in [-0.2, 0) is 4.74 Å². The third-order valence-electron chi connectivity index (χ3n) is 2.93. The lowest BCUT2D eigenvalue weighted by Crippen LogP contribution is -2.28. The van der Waals surface area contributed by atoms with Crippen LogP contribution in [0.5, 0.6) is 0 Å². The number of nitrogens with zero attached hydrogens (tertiary/aromatic N) is 1. The van der Waals surface area contributed by atoms with E-state index < -0.39 is 0 Å². The molecule has 0 spiro atoms. The van der Waals surface area contributed by atoms with E-state index in [0.29, 0.717) is 12.0 Å². The van der Waals surface area contributed by atoms with Crippen LogP contribution in [0, 0.1) is 5.92 Å². The van der Waals surface area contributed by atoms with Gasteiger partial charge in [-0.2, -0.15) is 0 Å². The predicted octanol–water partition coefficient (Wildman–Crippen LogP) is 1.49. The van der Waals surface area contributed by atoms with Gasteiger partial charge in [-0.3, -0.25) is 0 Å². The zero-order valence-electron chi connectivity index (χ0n) is 9.20. The number of hydrogen-bond acceptors (Lipinski definition) is 3. The van der Waals surface area contributed by atoms with Crippen molar-refractivity contribution < 1.29 is 4.74 Å². The minimum Gasteiger partial charge on any atom is -0.381 e. The fraction of sp³-hybridized carbons (Fsp3) is 0.727. The summed E-state index contributed by atoms with van der Waals surface area (Å²) >= 11 is 0. The van der Waals surface area contributed by atoms with Crippen LogP contribution in [0.4, 0.5) is 0 Å². The molecule has 1 fully saturated rings. The minimum absolute atomic E-state index is 0.348. The average molecular weight is 209 g/mol. The molecule has 0 radical (unpaired) electrons. The van der Waals surface area contributed by atoms with Crippen LogP contribution in [0.15, 0.2) is 12.4 Å². The summed E-state index contributed by atoms with van der Waals surface area (Å²) in [5.41, 5.74) is 0. The van der Waals surface area contributed by atoms with Crippen molar-refractivity contribution in [1.82, 2.24) is 15.3 Å². The van der Waals surface area contributed by atoms with Crippen molar-refractivity contribution in [3.63, 3.8) is 0 Å². The van der Waals surface area contributed by atoms with Crippen LogP contribution in [-0.4, -0.2) is 29.7 Å². The van der Waals surface area contributed by atoms with E-state index in [1.54, 1.807) is 6.20 Å². The van der Waals surface area contributed by atoms with Gasteiger partial charge in [0.05, 0.1) is 12.6 Å². The lowest BCUT2D eigenvalue weighted by molar-refractivity contribution is 0.184. The Kier molecular flexibility index (Phi) is 3.75. The van der Waals surface area contributed by atoms with Gasteiger partial charge in [-0.15, -0.1) is 0 Å². The van der Waals surface area contributed by atoms with Gasteiger partial charge in [0.25, 0.3) is 0 Å². The van der Waals surface area contributed by atoms with E-state index in [4.69, 9.17) is 4.74 Å². The van der Waals surface area contributed by atoms with E-state index >= 15 is 0 Å². The second kappa shape index (κ2) is 5.28. The molecule has 0 aliphatic carbocycles. The van der Waals surface area contributed by atoms with Crippen LogP contribution >= 0.6 is 0 Å². The number of nitrogens with one attached hydrogen (secondary N) is 2. The molecule has 2 heterocycles. The Bertz CT molecular complexity index is 267. The zero-order valence-corrected chi connectivity index (χ0v) is 9.20. The molecule has 0 aromatic carbocycles. The molecular formula is C11H19N3O. The summed E-state index contributed by atoms with van der Waals surface area (Å²) in [6.07, 6.45) is 5.92. The SMILES string of the molecule is CCC(NCC1CCOC1)c1ncc[nH]1. The van der Waals surface area contributed by atoms with Crippen molar-refractivity contribution in [1.29, 1.82) is 0 Å². The van der Waals surface area contributed by atoms with Crippen molar-refractivity contribution in [2.45, 2.75) is 25.8 Å². The normalized spacial score (nSPS) is 23.1. The second-order valence-corrected chi connectivity index (χ2v) is 4.07. The molecular weight excluding hydrogens is 190 g/mol. The lowest BCUT2D eigenvalue weighted by atomic mass is 10.1. The highest BCUT2D eigenvalue weighted by Gasteiger charge is 2.18. The van der Waals surface area contributed by atoms with Crippen LogP contribution in [0.25, 0.3) is 0 Å². The minimum atomic E-state index is 0.348. The fourth-order valence-corrected chi connectivity index (χ4v) is 1.96. The Labute approximate surface area is 90.4 Å². The van der Waals surface area contributed by atoms with Gasteiger partial charge in [-0.1, -0.05) is 6.92 Å². The first-order valence-corrected chi connectivity index (χ1v) is 5.70. The van der Waals surface area contributed by atoms with Crippen molar-refractivity contribution in [3.8, 4) is 0 Å². The summed E-state index contributed by atoms with van der Waals surface area (Å²) in [6.45, 7) is 5.02. The third kappa shape index (κ3) is 2.79. The maximum absolute atomic E-state index is 5.35. The van der Waals surface area contributed by atoms with Gasteiger partial charge in [0.1, 0.15) is 5.82 Å². The molecule has 0 amide bonds. The summed E-state index contributed by atoms with van der Waals surface area (Å²) in [5.74, 6) is 1.71. The Morgan fingerprint density at radius 3 is 3.27 bits per heavy atom. The van der Waals surface area contributed by atoms with Crippen LogP contribution in [0.3, 0.4) is 0 Å². The predicted molar refractivity (Wildman–Crippen MR) is 58.5 cm³/mol. The Balaban J connectivity index is 1.80. The highest BCUT2D eigenvalue weighted by Crippen LogP contribution is 2.15. The first-order valence-electron chi connectivity index (χ1n) is 5.70. The molecule has 2 atom stereocenters. The van der Waals surface area contributed by atoms with Crippen LogP contribution < -0.4 is 5.32 Å². The Morgan fingerprint density at radius 1 is 1.73 bits per heavy atom. The van der Waals surface area contributed by atoms with Crippen LogP contribution in [0.2, 0.25) is 0 Å². The monoisotopic (exact) mass is 209 g/mol. The number of rotatable bonds is 5. The smallest absolute Gasteiger partial charge is 0.123 e. The van der Waals surface area contributed by atoms with E-state index in [-0.39, 0.29) is 0 Å². The molecule has 4 heteroatoms. The van der Waals surface area contributed by atoms with Gasteiger partial charge in [-0.25, -0.2) is 4.98 Å². The summed E-state index contributed by atoms with van der Waals surface area (Å²) in [6, 6.07) is 0.348. The standard InChI is InChI=1S/C11H19N3O/c1-2-10(11-12-4-5-13-11)14-7-9-3-6-15-8-9/h4-5,9-10,14H,2-3,6-8H2,1H3,(H,12,13). The van der Waals surface area contributed by atoms with E-state index in [2.05, 4.69) is 22.2 Å². The van der Waals surface area contributed by atoms with Gasteiger partial charge < -0.3 is 15.0 Å². The topological polar surface area (TPSA) is 49.9 Å². The van der Waals surface area contributed by atoms with Crippen molar-refractivity contribution >= 4 is 0 Å². The Hall–Kier alpha value is -0.870. The van der Waals surface area contributed by atoms with E-state index in [9.17, 15) is 0 Å². The fourth-order valence-electron chi connectivity index (χ4n) is 1.96. The summed E-state index contributed by atoms with van der Waals surface area (Å²) in [7, 11) is 0. The number of ether oxygens (including phenoxy) is 1. The first kappa shape index (κ1) is 10.6. The number of hydrogen-bond donors (Lipinski definition) is 2. The van der Waals surface area contributed by atoms with Gasteiger partial charge >= 0.3 is 0 Å². The molecule has 1 aliphatic rings. The van der Waals surface area contributed by atoms with Gasteiger partial charge in [0.2, 0.25) is 0 Å². The maximum Gasteiger partial charge on any atom is 0.123 e. The quantitative estimate of drug-likeness (QED) is 0.772. The summed E-state index contributed by atoms with van der Waals surface area (Å²) < 4.78 is 5.35. The largest absolute Gasteiger partial charge is 0.381 e. The number of aromatic nitrogens is 2. The molecule has 4 nitrogen and oxygen atoms in total. The molecule has 1 aliphatic heterocycles. The van der Waals surface area contributed by atoms with Gasteiger partial charge in [0, 0.05) is 25.5 Å². The van der Waals surface area contributed by atoms with Gasteiger partial charge in [-0.05, 0) is 18.8 Å². The van der Waals surface area contributed by atoms with Crippen LogP contribution in [0.1, 0.15) is 31.6 Å². The maximum atomic E-state index is 5.35. The van der Waals surface area contributed by atoms with Crippen molar-refractivity contribution in [2.75, 3.05) is 19.8 Å². The molecule has 2 unspecified atom stereocenters. The molecule has 1 aromatic heterocycles. The molecule has 0 bridgehead atoms. The van der Waals surface area contributed by atoms with Crippen molar-refractivity contribution in [3.05, 3.63) is 18.2 Å². The zero-order chi connectivity index (χ0) is 10.5. The lowest BCUT2D eigenvalue weighted by Gasteiger charge is -2.16. The third-order valence-corrected chi connectivity index (χ3v) is 2.93. The van der Waals surface area contributed by atoms with Gasteiger partial charge in [0.15, 0.2) is 0 Å². The summed E-state index contributed by atoms with van der Waals surface area (Å²) in [4.78, 5) is 7.44. The molecule has 84 valence electrons. The second-order valence-electron chi connectivity index (χ2n) is 4.07. The Morgan fingerprint density at radius 2 is 2.67 bits per heavy atom. The molecule has 15 heavy (non-hydrogen) atoms.